The van der Waals surface area contributed by atoms with Crippen LogP contribution in [-0.2, 0) is 11.2 Å². The summed E-state index contributed by atoms with van der Waals surface area (Å²) in [7, 11) is 0. The second-order valence-corrected chi connectivity index (χ2v) is 4.87. The van der Waals surface area contributed by atoms with Crippen LogP contribution in [0.4, 0.5) is 4.79 Å². The van der Waals surface area contributed by atoms with Crippen LogP contribution < -0.4 is 0 Å². The van der Waals surface area contributed by atoms with Crippen molar-refractivity contribution in [3.63, 3.8) is 0 Å². The maximum absolute atomic E-state index is 11.9. The number of allylic oxidation sites excluding steroid dienone is 1. The Morgan fingerprint density at radius 2 is 2.11 bits per heavy atom. The molecule has 1 aromatic heterocycles. The first kappa shape index (κ1) is 11.4. The summed E-state index contributed by atoms with van der Waals surface area (Å²) in [5, 5.41) is 0. The van der Waals surface area contributed by atoms with Crippen molar-refractivity contribution in [1.82, 2.24) is 9.47 Å². The van der Waals surface area contributed by atoms with Gasteiger partial charge in [0.25, 0.3) is 0 Å². The summed E-state index contributed by atoms with van der Waals surface area (Å²) in [5.41, 5.74) is 2.33. The van der Waals surface area contributed by atoms with E-state index in [1.54, 1.807) is 0 Å². The molecule has 0 unspecified atom stereocenters. The Morgan fingerprint density at radius 3 is 2.94 bits per heavy atom. The van der Waals surface area contributed by atoms with Gasteiger partial charge in [-0.25, -0.2) is 4.79 Å². The van der Waals surface area contributed by atoms with Gasteiger partial charge in [0.1, 0.15) is 6.61 Å². The molecule has 0 atom stereocenters. The third-order valence-electron chi connectivity index (χ3n) is 3.65. The molecule has 0 spiro atoms. The third-order valence-corrected chi connectivity index (χ3v) is 3.65. The summed E-state index contributed by atoms with van der Waals surface area (Å²) >= 11 is 0. The fraction of sp³-hybridized carbons (Fsp3) is 0.500. The topological polar surface area (TPSA) is 34.5 Å². The van der Waals surface area contributed by atoms with Crippen molar-refractivity contribution < 1.29 is 9.53 Å². The predicted octanol–water partition coefficient (Wildman–Crippen LogP) is 2.51. The molecule has 1 fully saturated rings. The van der Waals surface area contributed by atoms with E-state index in [9.17, 15) is 4.79 Å². The number of fused-ring (bicyclic) bond motifs is 1. The lowest BCUT2D eigenvalue weighted by molar-refractivity contribution is 0.105. The number of rotatable bonds is 2. The lowest BCUT2D eigenvalue weighted by Gasteiger charge is -2.25. The standard InChI is InChI=1S/C14H18N2O2/c17-14(15-8-2-1-3-9-15)18-11-13-7-6-12-5-4-10-16(12)13/h4-5,7,10H,1-3,6,8-9,11H2. The predicted molar refractivity (Wildman–Crippen MR) is 69.2 cm³/mol. The number of likely N-dealkylation sites (tertiary alicyclic amines) is 1. The van der Waals surface area contributed by atoms with Gasteiger partial charge in [-0.15, -0.1) is 0 Å². The summed E-state index contributed by atoms with van der Waals surface area (Å²) in [6, 6.07) is 4.12. The first-order valence-electron chi connectivity index (χ1n) is 6.62. The first-order valence-corrected chi connectivity index (χ1v) is 6.62. The van der Waals surface area contributed by atoms with E-state index in [1.165, 1.54) is 12.1 Å². The van der Waals surface area contributed by atoms with Gasteiger partial charge in [0.05, 0.1) is 5.70 Å². The number of ether oxygens (including phenoxy) is 1. The molecule has 4 heteroatoms. The maximum atomic E-state index is 11.9. The van der Waals surface area contributed by atoms with Crippen LogP contribution in [0.15, 0.2) is 24.4 Å². The molecule has 0 aliphatic carbocycles. The number of piperidine rings is 1. The molecular formula is C14H18N2O2. The SMILES string of the molecule is O=C(OCC1=CCc2cccn21)N1CCCCC1. The van der Waals surface area contributed by atoms with Gasteiger partial charge >= 0.3 is 6.09 Å². The van der Waals surface area contributed by atoms with Gasteiger partial charge in [-0.1, -0.05) is 6.08 Å². The molecule has 0 saturated carbocycles. The van der Waals surface area contributed by atoms with Crippen LogP contribution in [0.5, 0.6) is 0 Å². The molecule has 2 aliphatic rings. The average molecular weight is 246 g/mol. The fourth-order valence-electron chi connectivity index (χ4n) is 2.62. The Kier molecular flexibility index (Phi) is 3.09. The highest BCUT2D eigenvalue weighted by Gasteiger charge is 2.19. The summed E-state index contributed by atoms with van der Waals surface area (Å²) in [4.78, 5) is 13.7. The molecule has 0 bridgehead atoms. The zero-order valence-corrected chi connectivity index (χ0v) is 10.5. The van der Waals surface area contributed by atoms with Crippen LogP contribution in [0.1, 0.15) is 25.0 Å². The average Bonchev–Trinajstić information content (AvgIpc) is 3.00. The zero-order chi connectivity index (χ0) is 12.4. The highest BCUT2D eigenvalue weighted by atomic mass is 16.6. The zero-order valence-electron chi connectivity index (χ0n) is 10.5. The number of hydrogen-bond acceptors (Lipinski definition) is 2. The Morgan fingerprint density at radius 1 is 1.28 bits per heavy atom. The van der Waals surface area contributed by atoms with Gasteiger partial charge < -0.3 is 14.2 Å². The normalized spacial score (nSPS) is 18.4. The van der Waals surface area contributed by atoms with E-state index in [2.05, 4.69) is 16.7 Å². The molecule has 0 radical (unpaired) electrons. The van der Waals surface area contributed by atoms with E-state index in [0.29, 0.717) is 6.61 Å². The molecule has 3 heterocycles. The van der Waals surface area contributed by atoms with Crippen molar-refractivity contribution in [2.24, 2.45) is 0 Å². The van der Waals surface area contributed by atoms with Gasteiger partial charge in [-0.05, 0) is 31.4 Å². The van der Waals surface area contributed by atoms with Gasteiger partial charge in [0.15, 0.2) is 0 Å². The summed E-state index contributed by atoms with van der Waals surface area (Å²) in [5.74, 6) is 0. The van der Waals surface area contributed by atoms with E-state index < -0.39 is 0 Å². The third kappa shape index (κ3) is 2.15. The molecule has 0 aromatic carbocycles. The molecule has 1 amide bonds. The summed E-state index contributed by atoms with van der Waals surface area (Å²) < 4.78 is 7.49. The molecule has 1 aromatic rings. The van der Waals surface area contributed by atoms with Crippen LogP contribution in [-0.4, -0.2) is 35.3 Å². The molecule has 3 rings (SSSR count). The van der Waals surface area contributed by atoms with Crippen LogP contribution in [0.25, 0.3) is 5.70 Å². The molecule has 1 saturated heterocycles. The number of amides is 1. The van der Waals surface area contributed by atoms with Crippen LogP contribution in [0.3, 0.4) is 0 Å². The van der Waals surface area contributed by atoms with Crippen molar-refractivity contribution in [3.05, 3.63) is 30.1 Å². The molecule has 2 aliphatic heterocycles. The molecular weight excluding hydrogens is 228 g/mol. The van der Waals surface area contributed by atoms with Crippen LogP contribution >= 0.6 is 0 Å². The van der Waals surface area contributed by atoms with E-state index in [0.717, 1.165) is 38.0 Å². The second-order valence-electron chi connectivity index (χ2n) is 4.87. The van der Waals surface area contributed by atoms with E-state index >= 15 is 0 Å². The van der Waals surface area contributed by atoms with Gasteiger partial charge in [0.2, 0.25) is 0 Å². The molecule has 4 nitrogen and oxygen atoms in total. The fourth-order valence-corrected chi connectivity index (χ4v) is 2.62. The minimum Gasteiger partial charge on any atom is -0.443 e. The van der Waals surface area contributed by atoms with Crippen LogP contribution in [0.2, 0.25) is 0 Å². The number of hydrogen-bond donors (Lipinski definition) is 0. The molecule has 0 N–H and O–H groups in total. The Labute approximate surface area is 107 Å². The van der Waals surface area contributed by atoms with Crippen molar-refractivity contribution in [2.45, 2.75) is 25.7 Å². The van der Waals surface area contributed by atoms with Crippen molar-refractivity contribution in [3.8, 4) is 0 Å². The van der Waals surface area contributed by atoms with Crippen molar-refractivity contribution in [1.29, 1.82) is 0 Å². The van der Waals surface area contributed by atoms with Crippen molar-refractivity contribution in [2.75, 3.05) is 19.7 Å². The summed E-state index contributed by atoms with van der Waals surface area (Å²) in [6.45, 7) is 2.05. The Balaban J connectivity index is 1.54. The van der Waals surface area contributed by atoms with E-state index in [4.69, 9.17) is 4.74 Å². The van der Waals surface area contributed by atoms with E-state index in [-0.39, 0.29) is 6.09 Å². The highest BCUT2D eigenvalue weighted by molar-refractivity contribution is 5.69. The van der Waals surface area contributed by atoms with Crippen LogP contribution in [0, 0.1) is 0 Å². The van der Waals surface area contributed by atoms with Gasteiger partial charge in [-0.3, -0.25) is 0 Å². The first-order chi connectivity index (χ1) is 8.84. The smallest absolute Gasteiger partial charge is 0.410 e. The quantitative estimate of drug-likeness (QED) is 0.803. The molecule has 18 heavy (non-hydrogen) atoms. The Hall–Kier alpha value is -1.71. The number of nitrogens with zero attached hydrogens (tertiary/aromatic N) is 2. The lowest BCUT2D eigenvalue weighted by atomic mass is 10.1. The van der Waals surface area contributed by atoms with Crippen molar-refractivity contribution >= 4 is 11.8 Å². The minimum absolute atomic E-state index is 0.170. The highest BCUT2D eigenvalue weighted by Crippen LogP contribution is 2.20. The number of carbonyl (C=O) groups is 1. The van der Waals surface area contributed by atoms with E-state index in [1.807, 2.05) is 17.2 Å². The lowest BCUT2D eigenvalue weighted by Crippen LogP contribution is -2.36. The monoisotopic (exact) mass is 246 g/mol. The number of aromatic nitrogens is 1. The minimum atomic E-state index is -0.170. The maximum Gasteiger partial charge on any atom is 0.410 e. The largest absolute Gasteiger partial charge is 0.443 e. The van der Waals surface area contributed by atoms with Gasteiger partial charge in [-0.2, -0.15) is 0 Å². The number of carbonyl (C=O) groups excluding carboxylic acids is 1. The second kappa shape index (κ2) is 4.88. The van der Waals surface area contributed by atoms with Gasteiger partial charge in [0, 0.05) is 31.4 Å². The summed E-state index contributed by atoms with van der Waals surface area (Å²) in [6.07, 6.45) is 8.32. The Bertz CT molecular complexity index is 470. The molecule has 96 valence electrons.